The number of nitrogens with one attached hydrogen (secondary N) is 1. The topological polar surface area (TPSA) is 41.5 Å². The Bertz CT molecular complexity index is 255. The summed E-state index contributed by atoms with van der Waals surface area (Å²) in [6.07, 6.45) is 0.753. The molecule has 1 aromatic rings. The quantitative estimate of drug-likeness (QED) is 0.566. The van der Waals surface area contributed by atoms with Gasteiger partial charge in [0.1, 0.15) is 5.75 Å². The van der Waals surface area contributed by atoms with Gasteiger partial charge in [-0.3, -0.25) is 0 Å². The van der Waals surface area contributed by atoms with Crippen molar-refractivity contribution < 1.29 is 9.94 Å². The summed E-state index contributed by atoms with van der Waals surface area (Å²) in [5.74, 6) is 0.755. The zero-order valence-corrected chi connectivity index (χ0v) is 7.92. The molecule has 0 aliphatic rings. The van der Waals surface area contributed by atoms with Gasteiger partial charge in [0.15, 0.2) is 0 Å². The molecule has 2 N–H and O–H groups in total. The molecule has 0 aromatic heterocycles. The molecule has 0 saturated carbocycles. The van der Waals surface area contributed by atoms with Crippen LogP contribution >= 0.6 is 11.6 Å². The van der Waals surface area contributed by atoms with Crippen LogP contribution in [0.3, 0.4) is 0 Å². The number of halogens is 1. The van der Waals surface area contributed by atoms with Gasteiger partial charge in [-0.15, -0.1) is 0 Å². The average molecular weight is 202 g/mol. The Labute approximate surface area is 82.2 Å². The maximum absolute atomic E-state index is 8.28. The number of rotatable bonds is 5. The average Bonchev–Trinajstić information content (AvgIpc) is 2.13. The Morgan fingerprint density at radius 3 is 3.00 bits per heavy atom. The van der Waals surface area contributed by atoms with Crippen molar-refractivity contribution in [1.29, 1.82) is 0 Å². The zero-order valence-electron chi connectivity index (χ0n) is 7.16. The van der Waals surface area contributed by atoms with Crippen molar-refractivity contribution in [3.05, 3.63) is 29.3 Å². The van der Waals surface area contributed by atoms with E-state index < -0.39 is 0 Å². The van der Waals surface area contributed by atoms with E-state index in [9.17, 15) is 0 Å². The van der Waals surface area contributed by atoms with Crippen LogP contribution in [-0.2, 0) is 0 Å². The van der Waals surface area contributed by atoms with Crippen molar-refractivity contribution in [2.75, 3.05) is 13.2 Å². The van der Waals surface area contributed by atoms with Gasteiger partial charge in [0.25, 0.3) is 0 Å². The Kier molecular flexibility index (Phi) is 4.60. The van der Waals surface area contributed by atoms with E-state index >= 15 is 0 Å². The molecule has 0 aliphatic heterocycles. The highest BCUT2D eigenvalue weighted by atomic mass is 35.5. The lowest BCUT2D eigenvalue weighted by atomic mass is 10.3. The van der Waals surface area contributed by atoms with Crippen LogP contribution in [0, 0.1) is 0 Å². The molecule has 3 nitrogen and oxygen atoms in total. The SMILES string of the molecule is ONCCCOc1cccc(Cl)c1. The largest absolute Gasteiger partial charge is 0.493 e. The summed E-state index contributed by atoms with van der Waals surface area (Å²) < 4.78 is 5.35. The third-order valence-electron chi connectivity index (χ3n) is 1.50. The Hall–Kier alpha value is -0.770. The molecule has 0 saturated heterocycles. The molecule has 0 amide bonds. The van der Waals surface area contributed by atoms with Crippen LogP contribution in [0.25, 0.3) is 0 Å². The van der Waals surface area contributed by atoms with E-state index in [1.807, 2.05) is 12.1 Å². The fourth-order valence-electron chi connectivity index (χ4n) is 0.898. The molecule has 4 heteroatoms. The fraction of sp³-hybridized carbons (Fsp3) is 0.333. The summed E-state index contributed by atoms with van der Waals surface area (Å²) in [6, 6.07) is 7.23. The first kappa shape index (κ1) is 10.3. The smallest absolute Gasteiger partial charge is 0.120 e. The minimum atomic E-state index is 0.528. The molecule has 0 spiro atoms. The van der Waals surface area contributed by atoms with E-state index in [0.29, 0.717) is 18.2 Å². The van der Waals surface area contributed by atoms with Crippen LogP contribution in [0.5, 0.6) is 5.75 Å². The summed E-state index contributed by atoms with van der Waals surface area (Å²) in [4.78, 5) is 0. The van der Waals surface area contributed by atoms with Crippen LogP contribution in [0.2, 0.25) is 5.02 Å². The molecule has 0 heterocycles. The van der Waals surface area contributed by atoms with E-state index in [4.69, 9.17) is 21.5 Å². The van der Waals surface area contributed by atoms with Crippen molar-refractivity contribution in [2.24, 2.45) is 0 Å². The lowest BCUT2D eigenvalue weighted by Gasteiger charge is -2.05. The highest BCUT2D eigenvalue weighted by molar-refractivity contribution is 6.30. The van der Waals surface area contributed by atoms with Gasteiger partial charge in [0, 0.05) is 11.6 Å². The second-order valence-electron chi connectivity index (χ2n) is 2.57. The molecule has 0 unspecified atom stereocenters. The van der Waals surface area contributed by atoms with Crippen LogP contribution < -0.4 is 10.2 Å². The van der Waals surface area contributed by atoms with E-state index in [-0.39, 0.29) is 0 Å². The van der Waals surface area contributed by atoms with Crippen LogP contribution in [0.4, 0.5) is 0 Å². The van der Waals surface area contributed by atoms with E-state index in [1.54, 1.807) is 12.1 Å². The van der Waals surface area contributed by atoms with E-state index in [1.165, 1.54) is 0 Å². The number of hydrogen-bond donors (Lipinski definition) is 2. The van der Waals surface area contributed by atoms with Gasteiger partial charge >= 0.3 is 0 Å². The Morgan fingerprint density at radius 1 is 1.46 bits per heavy atom. The number of benzene rings is 1. The molecule has 0 bridgehead atoms. The highest BCUT2D eigenvalue weighted by Crippen LogP contribution is 2.16. The minimum absolute atomic E-state index is 0.528. The van der Waals surface area contributed by atoms with E-state index in [2.05, 4.69) is 5.48 Å². The Balaban J connectivity index is 2.28. The lowest BCUT2D eigenvalue weighted by molar-refractivity contribution is 0.157. The molecule has 72 valence electrons. The van der Waals surface area contributed by atoms with Gasteiger partial charge in [-0.1, -0.05) is 17.7 Å². The molecular formula is C9H12ClNO2. The predicted octanol–water partition coefficient (Wildman–Crippen LogP) is 2.09. The third-order valence-corrected chi connectivity index (χ3v) is 1.73. The molecular weight excluding hydrogens is 190 g/mol. The normalized spacial score (nSPS) is 10.0. The monoisotopic (exact) mass is 201 g/mol. The van der Waals surface area contributed by atoms with Gasteiger partial charge in [-0.2, -0.15) is 0 Å². The second-order valence-corrected chi connectivity index (χ2v) is 3.00. The maximum Gasteiger partial charge on any atom is 0.120 e. The van der Waals surface area contributed by atoms with Crippen LogP contribution in [0.15, 0.2) is 24.3 Å². The van der Waals surface area contributed by atoms with Crippen molar-refractivity contribution in [1.82, 2.24) is 5.48 Å². The van der Waals surface area contributed by atoms with Crippen LogP contribution in [-0.4, -0.2) is 18.4 Å². The molecule has 0 atom stereocenters. The van der Waals surface area contributed by atoms with Gasteiger partial charge in [-0.05, 0) is 24.6 Å². The summed E-state index contributed by atoms with van der Waals surface area (Å²) >= 11 is 5.75. The molecule has 1 aromatic carbocycles. The van der Waals surface area contributed by atoms with Gasteiger partial charge in [0.2, 0.25) is 0 Å². The predicted molar refractivity (Wildman–Crippen MR) is 51.4 cm³/mol. The number of hydrogen-bond acceptors (Lipinski definition) is 3. The highest BCUT2D eigenvalue weighted by Gasteiger charge is 1.93. The number of ether oxygens (including phenoxy) is 1. The third kappa shape index (κ3) is 4.12. The Morgan fingerprint density at radius 2 is 2.31 bits per heavy atom. The molecule has 13 heavy (non-hydrogen) atoms. The van der Waals surface area contributed by atoms with Crippen molar-refractivity contribution >= 4 is 11.6 Å². The standard InChI is InChI=1S/C9H12ClNO2/c10-8-3-1-4-9(7-8)13-6-2-5-11-12/h1,3-4,7,11-12H,2,5-6H2. The van der Waals surface area contributed by atoms with Gasteiger partial charge < -0.3 is 9.94 Å². The maximum atomic E-state index is 8.28. The zero-order chi connectivity index (χ0) is 9.52. The lowest BCUT2D eigenvalue weighted by Crippen LogP contribution is -2.12. The first-order valence-corrected chi connectivity index (χ1v) is 4.46. The molecule has 0 radical (unpaired) electrons. The second kappa shape index (κ2) is 5.80. The van der Waals surface area contributed by atoms with Gasteiger partial charge in [-0.25, -0.2) is 5.48 Å². The van der Waals surface area contributed by atoms with Crippen LogP contribution in [0.1, 0.15) is 6.42 Å². The number of hydroxylamine groups is 1. The summed E-state index contributed by atoms with van der Waals surface area (Å²) in [5.41, 5.74) is 2.06. The van der Waals surface area contributed by atoms with Crippen molar-refractivity contribution in [3.8, 4) is 5.75 Å². The van der Waals surface area contributed by atoms with Crippen molar-refractivity contribution in [3.63, 3.8) is 0 Å². The first-order chi connectivity index (χ1) is 6.33. The van der Waals surface area contributed by atoms with E-state index in [0.717, 1.165) is 12.2 Å². The summed E-state index contributed by atoms with van der Waals surface area (Å²) in [5, 5.41) is 8.95. The minimum Gasteiger partial charge on any atom is -0.493 e. The fourth-order valence-corrected chi connectivity index (χ4v) is 1.08. The molecule has 1 rings (SSSR count). The summed E-state index contributed by atoms with van der Waals surface area (Å²) in [7, 11) is 0. The first-order valence-electron chi connectivity index (χ1n) is 4.08. The van der Waals surface area contributed by atoms with Gasteiger partial charge in [0.05, 0.1) is 6.61 Å². The molecule has 0 aliphatic carbocycles. The van der Waals surface area contributed by atoms with Crippen molar-refractivity contribution in [2.45, 2.75) is 6.42 Å². The molecule has 0 fully saturated rings. The summed E-state index contributed by atoms with van der Waals surface area (Å²) in [6.45, 7) is 1.09.